The van der Waals surface area contributed by atoms with Crippen molar-refractivity contribution in [2.75, 3.05) is 6.61 Å². The van der Waals surface area contributed by atoms with Crippen LogP contribution in [0.4, 0.5) is 5.69 Å². The molecule has 0 aliphatic rings. The van der Waals surface area contributed by atoms with Crippen LogP contribution in [-0.2, 0) is 0 Å². The quantitative estimate of drug-likeness (QED) is 0.636. The van der Waals surface area contributed by atoms with E-state index in [2.05, 4.69) is 0 Å². The number of para-hydroxylation sites is 1. The number of nitro benzene ring substituents is 1. The average molecular weight is 232 g/mol. The number of hydrogen-bond donors (Lipinski definition) is 1. The Kier molecular flexibility index (Phi) is 3.88. The van der Waals surface area contributed by atoms with Crippen LogP contribution in [0.15, 0.2) is 18.2 Å². The topological polar surface area (TPSA) is 72.6 Å². The Bertz CT molecular complexity index is 367. The van der Waals surface area contributed by atoms with Crippen molar-refractivity contribution in [1.29, 1.82) is 0 Å². The molecular weight excluding hydrogens is 222 g/mol. The molecule has 0 fully saturated rings. The van der Waals surface area contributed by atoms with Gasteiger partial charge in [-0.25, -0.2) is 0 Å². The van der Waals surface area contributed by atoms with Crippen LogP contribution in [0.5, 0.6) is 5.75 Å². The molecule has 0 saturated heterocycles. The fourth-order valence-corrected chi connectivity index (χ4v) is 1.21. The fraction of sp³-hybridized carbons (Fsp3) is 0.333. The Balaban J connectivity index is 2.97. The molecule has 0 aliphatic heterocycles. The second-order valence-electron chi connectivity index (χ2n) is 3.01. The summed E-state index contributed by atoms with van der Waals surface area (Å²) in [5.74, 6) is -0.00920. The highest BCUT2D eigenvalue weighted by atomic mass is 35.5. The lowest BCUT2D eigenvalue weighted by molar-refractivity contribution is -0.385. The van der Waals surface area contributed by atoms with Crippen molar-refractivity contribution in [2.24, 2.45) is 0 Å². The van der Waals surface area contributed by atoms with E-state index in [4.69, 9.17) is 21.4 Å². The second kappa shape index (κ2) is 4.95. The van der Waals surface area contributed by atoms with Gasteiger partial charge in [-0.15, -0.1) is 0 Å². The van der Waals surface area contributed by atoms with Crippen LogP contribution in [0.3, 0.4) is 0 Å². The van der Waals surface area contributed by atoms with E-state index in [-0.39, 0.29) is 23.1 Å². The predicted octanol–water partition coefficient (Wildman–Crippen LogP) is 2.01. The van der Waals surface area contributed by atoms with Gasteiger partial charge in [-0.2, -0.15) is 0 Å². The van der Waals surface area contributed by atoms with Crippen molar-refractivity contribution in [3.63, 3.8) is 0 Å². The predicted molar refractivity (Wildman–Crippen MR) is 55.3 cm³/mol. The molecule has 6 heteroatoms. The summed E-state index contributed by atoms with van der Waals surface area (Å²) in [7, 11) is 0. The standard InChI is InChI=1S/C9H10ClNO4/c1-6(12)5-15-9-7(10)3-2-4-8(9)11(13)14/h2-4,6,12H,5H2,1H3/t6-/m0/s1. The van der Waals surface area contributed by atoms with E-state index in [1.54, 1.807) is 0 Å². The third kappa shape index (κ3) is 3.07. The van der Waals surface area contributed by atoms with E-state index in [9.17, 15) is 10.1 Å². The molecule has 0 radical (unpaired) electrons. The number of nitro groups is 1. The Labute approximate surface area is 91.4 Å². The minimum Gasteiger partial charge on any atom is -0.483 e. The molecule has 0 heterocycles. The number of hydrogen-bond acceptors (Lipinski definition) is 4. The number of ether oxygens (including phenoxy) is 1. The lowest BCUT2D eigenvalue weighted by atomic mass is 10.3. The zero-order valence-electron chi connectivity index (χ0n) is 8.01. The molecule has 5 nitrogen and oxygen atoms in total. The van der Waals surface area contributed by atoms with Gasteiger partial charge in [0.1, 0.15) is 6.61 Å². The first-order valence-electron chi connectivity index (χ1n) is 4.26. The van der Waals surface area contributed by atoms with Crippen molar-refractivity contribution in [2.45, 2.75) is 13.0 Å². The van der Waals surface area contributed by atoms with Gasteiger partial charge in [0.05, 0.1) is 16.0 Å². The minimum atomic E-state index is -0.708. The summed E-state index contributed by atoms with van der Waals surface area (Å²) in [6.45, 7) is 1.48. The summed E-state index contributed by atoms with van der Waals surface area (Å²) < 4.78 is 5.07. The van der Waals surface area contributed by atoms with Crippen molar-refractivity contribution >= 4 is 17.3 Å². The molecular formula is C9H10ClNO4. The van der Waals surface area contributed by atoms with Gasteiger partial charge in [-0.1, -0.05) is 17.7 Å². The van der Waals surface area contributed by atoms with Crippen LogP contribution in [-0.4, -0.2) is 22.7 Å². The molecule has 1 rings (SSSR count). The first kappa shape index (κ1) is 11.7. The van der Waals surface area contributed by atoms with Gasteiger partial charge < -0.3 is 9.84 Å². The number of rotatable bonds is 4. The van der Waals surface area contributed by atoms with E-state index in [0.29, 0.717) is 0 Å². The summed E-state index contributed by atoms with van der Waals surface area (Å²) in [4.78, 5) is 10.0. The Morgan fingerprint density at radius 1 is 1.67 bits per heavy atom. The zero-order chi connectivity index (χ0) is 11.4. The maximum absolute atomic E-state index is 10.6. The fourth-order valence-electron chi connectivity index (χ4n) is 0.988. The molecule has 0 spiro atoms. The second-order valence-corrected chi connectivity index (χ2v) is 3.41. The van der Waals surface area contributed by atoms with Crippen LogP contribution in [0.1, 0.15) is 6.92 Å². The van der Waals surface area contributed by atoms with Gasteiger partial charge in [0.15, 0.2) is 0 Å². The summed E-state index contributed by atoms with van der Waals surface area (Å²) in [6, 6.07) is 4.25. The van der Waals surface area contributed by atoms with Gasteiger partial charge in [0.2, 0.25) is 5.75 Å². The monoisotopic (exact) mass is 231 g/mol. The van der Waals surface area contributed by atoms with Crippen molar-refractivity contribution in [1.82, 2.24) is 0 Å². The van der Waals surface area contributed by atoms with Gasteiger partial charge in [-0.3, -0.25) is 10.1 Å². The van der Waals surface area contributed by atoms with Gasteiger partial charge in [0, 0.05) is 6.07 Å². The first-order valence-corrected chi connectivity index (χ1v) is 4.64. The summed E-state index contributed by atoms with van der Waals surface area (Å²) in [6.07, 6.45) is -0.708. The third-order valence-corrected chi connectivity index (χ3v) is 1.91. The molecule has 82 valence electrons. The van der Waals surface area contributed by atoms with Crippen LogP contribution in [0, 0.1) is 10.1 Å². The summed E-state index contributed by atoms with van der Waals surface area (Å²) in [5.41, 5.74) is -0.205. The summed E-state index contributed by atoms with van der Waals surface area (Å²) in [5, 5.41) is 19.8. The average Bonchev–Trinajstić information content (AvgIpc) is 2.15. The van der Waals surface area contributed by atoms with Crippen molar-refractivity contribution in [3.05, 3.63) is 33.3 Å². The summed E-state index contributed by atoms with van der Waals surface area (Å²) >= 11 is 5.75. The van der Waals surface area contributed by atoms with E-state index in [0.717, 1.165) is 0 Å². The molecule has 0 bridgehead atoms. The maximum atomic E-state index is 10.6. The largest absolute Gasteiger partial charge is 0.483 e. The molecule has 15 heavy (non-hydrogen) atoms. The van der Waals surface area contributed by atoms with Gasteiger partial charge in [-0.05, 0) is 13.0 Å². The lowest BCUT2D eigenvalue weighted by Crippen LogP contribution is -2.13. The van der Waals surface area contributed by atoms with E-state index >= 15 is 0 Å². The zero-order valence-corrected chi connectivity index (χ0v) is 8.77. The molecule has 1 aromatic carbocycles. The van der Waals surface area contributed by atoms with Crippen molar-refractivity contribution in [3.8, 4) is 5.75 Å². The van der Waals surface area contributed by atoms with E-state index in [1.807, 2.05) is 0 Å². The van der Waals surface area contributed by atoms with Crippen LogP contribution in [0.2, 0.25) is 5.02 Å². The van der Waals surface area contributed by atoms with E-state index in [1.165, 1.54) is 25.1 Å². The molecule has 1 N–H and O–H groups in total. The third-order valence-electron chi connectivity index (χ3n) is 1.61. The smallest absolute Gasteiger partial charge is 0.312 e. The number of aliphatic hydroxyl groups is 1. The number of nitrogens with zero attached hydrogens (tertiary/aromatic N) is 1. The molecule has 0 unspecified atom stereocenters. The van der Waals surface area contributed by atoms with Gasteiger partial charge >= 0.3 is 5.69 Å². The van der Waals surface area contributed by atoms with E-state index < -0.39 is 11.0 Å². The number of halogens is 1. The highest BCUT2D eigenvalue weighted by Crippen LogP contribution is 2.34. The Morgan fingerprint density at radius 3 is 2.87 bits per heavy atom. The minimum absolute atomic E-state index is 0.00920. The normalized spacial score (nSPS) is 12.2. The Hall–Kier alpha value is -1.33. The highest BCUT2D eigenvalue weighted by molar-refractivity contribution is 6.32. The van der Waals surface area contributed by atoms with Crippen LogP contribution >= 0.6 is 11.6 Å². The SMILES string of the molecule is C[C@H](O)COc1c(Cl)cccc1[N+](=O)[O-]. The molecule has 0 aromatic heterocycles. The van der Waals surface area contributed by atoms with Crippen molar-refractivity contribution < 1.29 is 14.8 Å². The maximum Gasteiger partial charge on any atom is 0.312 e. The van der Waals surface area contributed by atoms with Crippen LogP contribution in [0.25, 0.3) is 0 Å². The number of benzene rings is 1. The highest BCUT2D eigenvalue weighted by Gasteiger charge is 2.18. The molecule has 0 saturated carbocycles. The Morgan fingerprint density at radius 2 is 2.33 bits per heavy atom. The van der Waals surface area contributed by atoms with Crippen LogP contribution < -0.4 is 4.74 Å². The number of aliphatic hydroxyl groups excluding tert-OH is 1. The molecule has 1 aromatic rings. The molecule has 1 atom stereocenters. The van der Waals surface area contributed by atoms with Gasteiger partial charge in [0.25, 0.3) is 0 Å². The first-order chi connectivity index (χ1) is 7.02. The molecule has 0 amide bonds. The lowest BCUT2D eigenvalue weighted by Gasteiger charge is -2.09. The molecule has 0 aliphatic carbocycles.